The van der Waals surface area contributed by atoms with Crippen molar-refractivity contribution in [2.24, 2.45) is 0 Å². The summed E-state index contributed by atoms with van der Waals surface area (Å²) in [4.78, 5) is 16.6. The van der Waals surface area contributed by atoms with Crippen molar-refractivity contribution in [2.75, 3.05) is 18.5 Å². The van der Waals surface area contributed by atoms with Gasteiger partial charge in [-0.1, -0.05) is 42.4 Å². The van der Waals surface area contributed by atoms with Crippen molar-refractivity contribution in [2.45, 2.75) is 39.5 Å². The van der Waals surface area contributed by atoms with Crippen molar-refractivity contribution in [3.63, 3.8) is 0 Å². The van der Waals surface area contributed by atoms with Gasteiger partial charge >= 0.3 is 0 Å². The van der Waals surface area contributed by atoms with Gasteiger partial charge in [0, 0.05) is 6.42 Å². The minimum atomic E-state index is -0.0500. The largest absolute Gasteiger partial charge is 0.494 e. The van der Waals surface area contributed by atoms with E-state index in [0.717, 1.165) is 41.2 Å². The molecule has 5 nitrogen and oxygen atoms in total. The minimum Gasteiger partial charge on any atom is -0.494 e. The van der Waals surface area contributed by atoms with Crippen LogP contribution in [0.5, 0.6) is 11.5 Å². The topological polar surface area (TPSA) is 60.5 Å². The Hall–Kier alpha value is -2.60. The van der Waals surface area contributed by atoms with Crippen LogP contribution >= 0.6 is 11.3 Å². The molecule has 0 saturated carbocycles. The van der Waals surface area contributed by atoms with Gasteiger partial charge in [0.2, 0.25) is 5.91 Å². The molecule has 1 N–H and O–H groups in total. The first kappa shape index (κ1) is 20.1. The highest BCUT2D eigenvalue weighted by atomic mass is 32.1. The fourth-order valence-corrected chi connectivity index (χ4v) is 3.53. The molecule has 0 aliphatic rings. The Labute approximate surface area is 169 Å². The molecule has 6 heteroatoms. The maximum Gasteiger partial charge on any atom is 0.226 e. The summed E-state index contributed by atoms with van der Waals surface area (Å²) in [5, 5.41) is 3.50. The van der Waals surface area contributed by atoms with Gasteiger partial charge in [0.15, 0.2) is 5.13 Å². The molecule has 0 bridgehead atoms. The van der Waals surface area contributed by atoms with Gasteiger partial charge in [0.05, 0.1) is 23.4 Å². The second-order valence-electron chi connectivity index (χ2n) is 6.66. The summed E-state index contributed by atoms with van der Waals surface area (Å²) in [5.74, 6) is 1.62. The Bertz CT molecular complexity index is 906. The number of hydrogen-bond acceptors (Lipinski definition) is 5. The first-order valence-corrected chi connectivity index (χ1v) is 10.5. The van der Waals surface area contributed by atoms with Gasteiger partial charge in [-0.25, -0.2) is 4.98 Å². The van der Waals surface area contributed by atoms with Gasteiger partial charge in [-0.3, -0.25) is 4.79 Å². The number of anilines is 1. The summed E-state index contributed by atoms with van der Waals surface area (Å²) < 4.78 is 12.4. The number of benzene rings is 2. The van der Waals surface area contributed by atoms with Crippen LogP contribution in [0.1, 0.15) is 38.2 Å². The molecule has 0 atom stereocenters. The number of thiazole rings is 1. The molecule has 1 heterocycles. The molecule has 2 aromatic carbocycles. The number of fused-ring (bicyclic) bond motifs is 1. The lowest BCUT2D eigenvalue weighted by Gasteiger charge is -2.06. The van der Waals surface area contributed by atoms with E-state index in [1.54, 1.807) is 0 Å². The molecule has 0 fully saturated rings. The Morgan fingerprint density at radius 2 is 1.75 bits per heavy atom. The van der Waals surface area contributed by atoms with E-state index in [1.807, 2.05) is 49.4 Å². The van der Waals surface area contributed by atoms with E-state index in [-0.39, 0.29) is 5.91 Å². The average Bonchev–Trinajstić information content (AvgIpc) is 3.08. The second-order valence-corrected chi connectivity index (χ2v) is 7.69. The number of amides is 1. The molecule has 1 amide bonds. The van der Waals surface area contributed by atoms with E-state index in [9.17, 15) is 4.79 Å². The van der Waals surface area contributed by atoms with E-state index in [2.05, 4.69) is 17.2 Å². The van der Waals surface area contributed by atoms with Crippen LogP contribution in [-0.2, 0) is 4.79 Å². The van der Waals surface area contributed by atoms with Crippen molar-refractivity contribution < 1.29 is 14.3 Å². The molecule has 28 heavy (non-hydrogen) atoms. The van der Waals surface area contributed by atoms with Gasteiger partial charge in [-0.05, 0) is 50.1 Å². The normalized spacial score (nSPS) is 10.8. The Kier molecular flexibility index (Phi) is 7.25. The summed E-state index contributed by atoms with van der Waals surface area (Å²) in [6, 6.07) is 13.7. The molecule has 0 radical (unpaired) electrons. The predicted octanol–water partition coefficient (Wildman–Crippen LogP) is 5.58. The molecule has 3 aromatic rings. The number of aryl methyl sites for hydroxylation is 1. The van der Waals surface area contributed by atoms with Crippen molar-refractivity contribution in [1.29, 1.82) is 0 Å². The number of aromatic nitrogens is 1. The smallest absolute Gasteiger partial charge is 0.226 e. The fraction of sp³-hybridized carbons (Fsp3) is 0.364. The van der Waals surface area contributed by atoms with E-state index in [4.69, 9.17) is 9.47 Å². The summed E-state index contributed by atoms with van der Waals surface area (Å²) in [5.41, 5.74) is 2.06. The van der Waals surface area contributed by atoms with Gasteiger partial charge < -0.3 is 14.8 Å². The molecular weight excluding hydrogens is 372 g/mol. The number of nitrogens with one attached hydrogen (secondary N) is 1. The third-order valence-corrected chi connectivity index (χ3v) is 5.14. The lowest BCUT2D eigenvalue weighted by atomic mass is 10.2. The molecule has 148 valence electrons. The maximum absolute atomic E-state index is 12.2. The highest BCUT2D eigenvalue weighted by molar-refractivity contribution is 7.22. The lowest BCUT2D eigenvalue weighted by molar-refractivity contribution is -0.116. The molecule has 1 aromatic heterocycles. The number of unbranched alkanes of at least 4 members (excludes halogenated alkanes) is 1. The van der Waals surface area contributed by atoms with E-state index in [1.165, 1.54) is 16.9 Å². The zero-order valence-electron chi connectivity index (χ0n) is 16.4. The quantitative estimate of drug-likeness (QED) is 0.453. The van der Waals surface area contributed by atoms with Gasteiger partial charge in [-0.2, -0.15) is 0 Å². The van der Waals surface area contributed by atoms with Crippen LogP contribution in [0.25, 0.3) is 10.2 Å². The average molecular weight is 399 g/mol. The van der Waals surface area contributed by atoms with Crippen molar-refractivity contribution in [3.05, 3.63) is 48.0 Å². The zero-order chi connectivity index (χ0) is 19.8. The Balaban J connectivity index is 1.45. The monoisotopic (exact) mass is 398 g/mol. The third kappa shape index (κ3) is 5.96. The molecule has 0 saturated heterocycles. The van der Waals surface area contributed by atoms with Crippen LogP contribution in [0.3, 0.4) is 0 Å². The Morgan fingerprint density at radius 1 is 1.04 bits per heavy atom. The van der Waals surface area contributed by atoms with Crippen molar-refractivity contribution >= 4 is 32.6 Å². The molecule has 3 rings (SSSR count). The van der Waals surface area contributed by atoms with Gasteiger partial charge in [-0.15, -0.1) is 0 Å². The molecule has 0 spiro atoms. The number of hydrogen-bond donors (Lipinski definition) is 1. The molecule has 0 aliphatic carbocycles. The summed E-state index contributed by atoms with van der Waals surface area (Å²) in [6.07, 6.45) is 3.19. The van der Waals surface area contributed by atoms with Crippen LogP contribution in [-0.4, -0.2) is 24.1 Å². The minimum absolute atomic E-state index is 0.0500. The standard InChI is InChI=1S/C22H26N2O3S/c1-3-4-13-27-18-11-12-19-20(15-18)28-22(23-19)24-21(25)6-5-14-26-17-9-7-16(2)8-10-17/h7-12,15H,3-6,13-14H2,1-2H3,(H,23,24,25). The highest BCUT2D eigenvalue weighted by Gasteiger charge is 2.09. The third-order valence-electron chi connectivity index (χ3n) is 4.21. The first-order valence-electron chi connectivity index (χ1n) is 9.67. The van der Waals surface area contributed by atoms with E-state index < -0.39 is 0 Å². The second kappa shape index (κ2) is 10.1. The number of carbonyl (C=O) groups excluding carboxylic acids is 1. The molecule has 0 aliphatic heterocycles. The zero-order valence-corrected chi connectivity index (χ0v) is 17.2. The van der Waals surface area contributed by atoms with Crippen LogP contribution in [0.2, 0.25) is 0 Å². The van der Waals surface area contributed by atoms with Crippen molar-refractivity contribution in [1.82, 2.24) is 4.98 Å². The predicted molar refractivity (Wildman–Crippen MR) is 115 cm³/mol. The molecular formula is C22H26N2O3S. The SMILES string of the molecule is CCCCOc1ccc2nc(NC(=O)CCCOc3ccc(C)cc3)sc2c1. The van der Waals surface area contributed by atoms with Crippen LogP contribution < -0.4 is 14.8 Å². The number of ether oxygens (including phenoxy) is 2. The number of carbonyl (C=O) groups is 1. The summed E-state index contributed by atoms with van der Waals surface area (Å²) in [6.45, 7) is 5.40. The van der Waals surface area contributed by atoms with Gasteiger partial charge in [0.25, 0.3) is 0 Å². The first-order chi connectivity index (χ1) is 13.6. The summed E-state index contributed by atoms with van der Waals surface area (Å²) in [7, 11) is 0. The van der Waals surface area contributed by atoms with E-state index in [0.29, 0.717) is 24.6 Å². The maximum atomic E-state index is 12.2. The van der Waals surface area contributed by atoms with E-state index >= 15 is 0 Å². The molecule has 0 unspecified atom stereocenters. The Morgan fingerprint density at radius 3 is 2.54 bits per heavy atom. The fourth-order valence-electron chi connectivity index (χ4n) is 2.62. The van der Waals surface area contributed by atoms with Crippen LogP contribution in [0.4, 0.5) is 5.13 Å². The lowest BCUT2D eigenvalue weighted by Crippen LogP contribution is -2.12. The van der Waals surface area contributed by atoms with Crippen LogP contribution in [0.15, 0.2) is 42.5 Å². The summed E-state index contributed by atoms with van der Waals surface area (Å²) >= 11 is 1.46. The van der Waals surface area contributed by atoms with Crippen molar-refractivity contribution in [3.8, 4) is 11.5 Å². The number of rotatable bonds is 10. The van der Waals surface area contributed by atoms with Gasteiger partial charge in [0.1, 0.15) is 11.5 Å². The van der Waals surface area contributed by atoms with Crippen LogP contribution in [0, 0.1) is 6.92 Å². The number of nitrogens with zero attached hydrogens (tertiary/aromatic N) is 1. The highest BCUT2D eigenvalue weighted by Crippen LogP contribution is 2.29.